The van der Waals surface area contributed by atoms with E-state index in [0.29, 0.717) is 12.1 Å². The van der Waals surface area contributed by atoms with E-state index in [-0.39, 0.29) is 29.6 Å². The molecule has 0 aromatic heterocycles. The van der Waals surface area contributed by atoms with Crippen LogP contribution in [0, 0.1) is 11.7 Å². The van der Waals surface area contributed by atoms with Crippen molar-refractivity contribution in [3.05, 3.63) is 29.1 Å². The lowest BCUT2D eigenvalue weighted by Crippen LogP contribution is -2.17. The van der Waals surface area contributed by atoms with Gasteiger partial charge in [0, 0.05) is 6.04 Å². The number of halogens is 1. The molecular weight excluding hydrogens is 231 g/mol. The minimum atomic E-state index is -0.386. The molecule has 0 aliphatic carbocycles. The minimum Gasteiger partial charge on any atom is -0.324 e. The van der Waals surface area contributed by atoms with E-state index >= 15 is 0 Å². The van der Waals surface area contributed by atoms with Gasteiger partial charge in [0.1, 0.15) is 5.82 Å². The van der Waals surface area contributed by atoms with E-state index in [2.05, 4.69) is 5.32 Å². The van der Waals surface area contributed by atoms with E-state index in [9.17, 15) is 9.18 Å². The van der Waals surface area contributed by atoms with Crippen molar-refractivity contribution in [2.45, 2.75) is 39.2 Å². The summed E-state index contributed by atoms with van der Waals surface area (Å²) in [6.45, 7) is 5.92. The summed E-state index contributed by atoms with van der Waals surface area (Å²) >= 11 is 0. The number of carbonyl (C=O) groups is 1. The number of amides is 1. The molecule has 0 fully saturated rings. The maximum Gasteiger partial charge on any atom is 0.232 e. The van der Waals surface area contributed by atoms with E-state index in [1.807, 2.05) is 26.8 Å². The van der Waals surface area contributed by atoms with E-state index < -0.39 is 0 Å². The minimum absolute atomic E-state index is 0.123. The van der Waals surface area contributed by atoms with Crippen molar-refractivity contribution in [2.24, 2.45) is 11.7 Å². The number of rotatable bonds is 3. The fourth-order valence-electron chi connectivity index (χ4n) is 2.39. The Morgan fingerprint density at radius 3 is 2.67 bits per heavy atom. The molecule has 0 saturated heterocycles. The number of carbonyl (C=O) groups excluding carboxylic acids is 1. The predicted octanol–water partition coefficient (Wildman–Crippen LogP) is 2.93. The summed E-state index contributed by atoms with van der Waals surface area (Å²) in [6, 6.07) is 3.09. The summed E-state index contributed by atoms with van der Waals surface area (Å²) < 4.78 is 14.0. The third-order valence-electron chi connectivity index (χ3n) is 3.59. The molecule has 0 radical (unpaired) electrons. The van der Waals surface area contributed by atoms with Gasteiger partial charge in [-0.1, -0.05) is 26.8 Å². The lowest BCUT2D eigenvalue weighted by molar-refractivity contribution is -0.117. The highest BCUT2D eigenvalue weighted by atomic mass is 19.1. The van der Waals surface area contributed by atoms with Crippen LogP contribution in [0.5, 0.6) is 0 Å². The summed E-state index contributed by atoms with van der Waals surface area (Å²) in [5.74, 6) is -0.536. The van der Waals surface area contributed by atoms with E-state index in [4.69, 9.17) is 5.73 Å². The first kappa shape index (κ1) is 13.0. The zero-order valence-electron chi connectivity index (χ0n) is 11.0. The number of anilines is 1. The van der Waals surface area contributed by atoms with Crippen LogP contribution < -0.4 is 11.1 Å². The lowest BCUT2D eigenvalue weighted by Gasteiger charge is -2.18. The van der Waals surface area contributed by atoms with Crippen molar-refractivity contribution in [1.29, 1.82) is 0 Å². The molecule has 1 aromatic rings. The molecule has 2 rings (SSSR count). The molecule has 1 heterocycles. The second kappa shape index (κ2) is 4.69. The van der Waals surface area contributed by atoms with Gasteiger partial charge in [0.2, 0.25) is 5.91 Å². The predicted molar refractivity (Wildman–Crippen MR) is 69.8 cm³/mol. The summed E-state index contributed by atoms with van der Waals surface area (Å²) in [6.07, 6.45) is 0.665. The number of fused-ring (bicyclic) bond motifs is 1. The summed E-state index contributed by atoms with van der Waals surface area (Å²) in [4.78, 5) is 11.7. The molecule has 0 spiro atoms. The normalized spacial score (nSPS) is 19.9. The summed E-state index contributed by atoms with van der Waals surface area (Å²) in [5.41, 5.74) is 7.88. The highest BCUT2D eigenvalue weighted by Crippen LogP contribution is 2.38. The SMILES string of the molecule is CCC1C(=O)Nc2c(F)cc(C(N)C(C)C)cc21. The number of nitrogens with one attached hydrogen (secondary N) is 1. The van der Waals surface area contributed by atoms with Crippen LogP contribution in [0.2, 0.25) is 0 Å². The first-order valence-corrected chi connectivity index (χ1v) is 6.35. The third-order valence-corrected chi connectivity index (χ3v) is 3.59. The second-order valence-corrected chi connectivity index (χ2v) is 5.19. The van der Waals surface area contributed by atoms with Gasteiger partial charge in [-0.05, 0) is 29.5 Å². The van der Waals surface area contributed by atoms with Gasteiger partial charge in [-0.2, -0.15) is 0 Å². The molecule has 3 N–H and O–H groups in total. The Hall–Kier alpha value is -1.42. The van der Waals surface area contributed by atoms with Crippen LogP contribution in [0.4, 0.5) is 10.1 Å². The molecule has 1 aliphatic heterocycles. The molecule has 0 saturated carbocycles. The zero-order valence-corrected chi connectivity index (χ0v) is 11.0. The smallest absolute Gasteiger partial charge is 0.232 e. The van der Waals surface area contributed by atoms with Crippen LogP contribution in [0.1, 0.15) is 50.3 Å². The fraction of sp³-hybridized carbons (Fsp3) is 0.500. The molecule has 18 heavy (non-hydrogen) atoms. The van der Waals surface area contributed by atoms with E-state index in [1.165, 1.54) is 6.07 Å². The van der Waals surface area contributed by atoms with Crippen molar-refractivity contribution in [3.63, 3.8) is 0 Å². The summed E-state index contributed by atoms with van der Waals surface area (Å²) in [5, 5.41) is 2.61. The molecule has 3 nitrogen and oxygen atoms in total. The monoisotopic (exact) mass is 250 g/mol. The summed E-state index contributed by atoms with van der Waals surface area (Å²) in [7, 11) is 0. The van der Waals surface area contributed by atoms with Gasteiger partial charge in [-0.3, -0.25) is 4.79 Å². The lowest BCUT2D eigenvalue weighted by atomic mass is 9.91. The topological polar surface area (TPSA) is 55.1 Å². The molecule has 4 heteroatoms. The van der Waals surface area contributed by atoms with Crippen molar-refractivity contribution in [3.8, 4) is 0 Å². The molecule has 2 atom stereocenters. The largest absolute Gasteiger partial charge is 0.324 e. The van der Waals surface area contributed by atoms with Crippen LogP contribution >= 0.6 is 0 Å². The third kappa shape index (κ3) is 2.01. The Balaban J connectivity index is 2.49. The van der Waals surface area contributed by atoms with E-state index in [0.717, 1.165) is 11.1 Å². The van der Waals surface area contributed by atoms with Crippen LogP contribution in [-0.4, -0.2) is 5.91 Å². The molecular formula is C14H19FN2O. The van der Waals surface area contributed by atoms with Crippen molar-refractivity contribution >= 4 is 11.6 Å². The Morgan fingerprint density at radius 1 is 1.44 bits per heavy atom. The van der Waals surface area contributed by atoms with Crippen molar-refractivity contribution in [1.82, 2.24) is 0 Å². The highest BCUT2D eigenvalue weighted by Gasteiger charge is 2.32. The number of nitrogens with two attached hydrogens (primary N) is 1. The van der Waals surface area contributed by atoms with Crippen LogP contribution in [0.15, 0.2) is 12.1 Å². The molecule has 1 aliphatic rings. The molecule has 1 aromatic carbocycles. The van der Waals surface area contributed by atoms with Crippen LogP contribution in [0.3, 0.4) is 0 Å². The highest BCUT2D eigenvalue weighted by molar-refractivity contribution is 6.03. The van der Waals surface area contributed by atoms with Crippen molar-refractivity contribution in [2.75, 3.05) is 5.32 Å². The number of hydrogen-bond acceptors (Lipinski definition) is 2. The molecule has 0 bridgehead atoms. The Labute approximate surface area is 107 Å². The average molecular weight is 250 g/mol. The standard InChI is InChI=1S/C14H19FN2O/c1-4-9-10-5-8(12(16)7(2)3)6-11(15)13(10)17-14(9)18/h5-7,9,12H,4,16H2,1-3H3,(H,17,18). The van der Waals surface area contributed by atoms with Gasteiger partial charge in [0.05, 0.1) is 11.6 Å². The quantitative estimate of drug-likeness (QED) is 0.866. The second-order valence-electron chi connectivity index (χ2n) is 5.19. The van der Waals surface area contributed by atoms with E-state index in [1.54, 1.807) is 0 Å². The van der Waals surface area contributed by atoms with Crippen LogP contribution in [-0.2, 0) is 4.79 Å². The number of benzene rings is 1. The van der Waals surface area contributed by atoms with Crippen LogP contribution in [0.25, 0.3) is 0 Å². The van der Waals surface area contributed by atoms with Gasteiger partial charge < -0.3 is 11.1 Å². The van der Waals surface area contributed by atoms with Gasteiger partial charge in [-0.25, -0.2) is 4.39 Å². The van der Waals surface area contributed by atoms with Gasteiger partial charge >= 0.3 is 0 Å². The van der Waals surface area contributed by atoms with Gasteiger partial charge in [0.25, 0.3) is 0 Å². The fourth-order valence-corrected chi connectivity index (χ4v) is 2.39. The molecule has 2 unspecified atom stereocenters. The first-order chi connectivity index (χ1) is 8.45. The molecule has 98 valence electrons. The Morgan fingerprint density at radius 2 is 2.11 bits per heavy atom. The Kier molecular flexibility index (Phi) is 3.39. The van der Waals surface area contributed by atoms with Gasteiger partial charge in [0.15, 0.2) is 0 Å². The number of hydrogen-bond donors (Lipinski definition) is 2. The average Bonchev–Trinajstić information content (AvgIpc) is 2.64. The van der Waals surface area contributed by atoms with Gasteiger partial charge in [-0.15, -0.1) is 0 Å². The maximum atomic E-state index is 14.0. The first-order valence-electron chi connectivity index (χ1n) is 6.35. The molecule has 1 amide bonds. The Bertz CT molecular complexity index is 485. The zero-order chi connectivity index (χ0) is 13.4. The maximum absolute atomic E-state index is 14.0. The van der Waals surface area contributed by atoms with Crippen molar-refractivity contribution < 1.29 is 9.18 Å².